The zero-order chi connectivity index (χ0) is 13.0. The van der Waals surface area contributed by atoms with Gasteiger partial charge in [-0.1, -0.05) is 30.7 Å². The molecule has 1 aromatic rings. The number of benzene rings is 1. The Morgan fingerprint density at radius 2 is 2.17 bits per heavy atom. The molecule has 2 rings (SSSR count). The molecule has 0 aromatic heterocycles. The minimum Gasteiger partial charge on any atom is -0.381 e. The third-order valence-corrected chi connectivity index (χ3v) is 3.88. The van der Waals surface area contributed by atoms with E-state index in [9.17, 15) is 4.39 Å². The van der Waals surface area contributed by atoms with Gasteiger partial charge in [0.25, 0.3) is 0 Å². The fraction of sp³-hybridized carbons (Fsp3) is 0.571. The van der Waals surface area contributed by atoms with E-state index >= 15 is 0 Å². The molecule has 1 heterocycles. The van der Waals surface area contributed by atoms with Crippen molar-refractivity contribution in [1.82, 2.24) is 5.32 Å². The van der Waals surface area contributed by atoms with Gasteiger partial charge in [-0.3, -0.25) is 0 Å². The van der Waals surface area contributed by atoms with Crippen molar-refractivity contribution in [2.45, 2.75) is 25.8 Å². The van der Waals surface area contributed by atoms with Crippen LogP contribution in [0, 0.1) is 11.7 Å². The van der Waals surface area contributed by atoms with Crippen molar-refractivity contribution >= 4 is 11.6 Å². The number of halogens is 2. The second-order valence-corrected chi connectivity index (χ2v) is 5.01. The molecule has 1 aromatic carbocycles. The van der Waals surface area contributed by atoms with Gasteiger partial charge >= 0.3 is 0 Å². The number of hydrogen-bond acceptors (Lipinski definition) is 2. The van der Waals surface area contributed by atoms with Crippen LogP contribution in [0.5, 0.6) is 0 Å². The standard InChI is InChI=1S/C14H19ClFNO/c1-2-17-14(10-6-8-18-9-7-10)11-4-3-5-12(16)13(11)15/h3-5,10,14,17H,2,6-9H2,1H3. The van der Waals surface area contributed by atoms with E-state index in [-0.39, 0.29) is 16.9 Å². The van der Waals surface area contributed by atoms with Gasteiger partial charge in [0.2, 0.25) is 0 Å². The lowest BCUT2D eigenvalue weighted by atomic mass is 9.87. The van der Waals surface area contributed by atoms with Gasteiger partial charge in [-0.2, -0.15) is 0 Å². The van der Waals surface area contributed by atoms with Crippen LogP contribution in [-0.2, 0) is 4.74 Å². The van der Waals surface area contributed by atoms with Gasteiger partial charge in [0.1, 0.15) is 5.82 Å². The maximum atomic E-state index is 13.6. The largest absolute Gasteiger partial charge is 0.381 e. The molecule has 0 saturated carbocycles. The molecule has 1 N–H and O–H groups in total. The highest BCUT2D eigenvalue weighted by molar-refractivity contribution is 6.31. The van der Waals surface area contributed by atoms with Gasteiger partial charge < -0.3 is 10.1 Å². The van der Waals surface area contributed by atoms with Crippen molar-refractivity contribution in [1.29, 1.82) is 0 Å². The van der Waals surface area contributed by atoms with Crippen LogP contribution in [-0.4, -0.2) is 19.8 Å². The molecule has 0 spiro atoms. The minimum absolute atomic E-state index is 0.113. The Kier molecular flexibility index (Phi) is 4.98. The van der Waals surface area contributed by atoms with Crippen molar-refractivity contribution in [3.05, 3.63) is 34.6 Å². The Morgan fingerprint density at radius 1 is 1.44 bits per heavy atom. The smallest absolute Gasteiger partial charge is 0.142 e. The molecule has 18 heavy (non-hydrogen) atoms. The van der Waals surface area contributed by atoms with E-state index in [1.54, 1.807) is 6.07 Å². The average molecular weight is 272 g/mol. The molecule has 0 aliphatic carbocycles. The van der Waals surface area contributed by atoms with Gasteiger partial charge in [0.05, 0.1) is 5.02 Å². The first kappa shape index (κ1) is 13.8. The van der Waals surface area contributed by atoms with Crippen LogP contribution in [0.15, 0.2) is 18.2 Å². The van der Waals surface area contributed by atoms with Crippen molar-refractivity contribution in [3.8, 4) is 0 Å². The molecule has 4 heteroatoms. The predicted octanol–water partition coefficient (Wildman–Crippen LogP) is 3.56. The van der Waals surface area contributed by atoms with Gasteiger partial charge in [-0.15, -0.1) is 0 Å². The second-order valence-electron chi connectivity index (χ2n) is 4.63. The van der Waals surface area contributed by atoms with Crippen molar-refractivity contribution < 1.29 is 9.13 Å². The predicted molar refractivity (Wildman–Crippen MR) is 71.4 cm³/mol. The monoisotopic (exact) mass is 271 g/mol. The van der Waals surface area contributed by atoms with Gasteiger partial charge in [0.15, 0.2) is 0 Å². The minimum atomic E-state index is -0.343. The van der Waals surface area contributed by atoms with E-state index in [0.29, 0.717) is 5.92 Å². The molecular formula is C14H19ClFNO. The number of hydrogen-bond donors (Lipinski definition) is 1. The second kappa shape index (κ2) is 6.50. The summed E-state index contributed by atoms with van der Waals surface area (Å²) in [6.45, 7) is 4.45. The molecule has 100 valence electrons. The topological polar surface area (TPSA) is 21.3 Å². The lowest BCUT2D eigenvalue weighted by Crippen LogP contribution is -2.32. The average Bonchev–Trinajstić information content (AvgIpc) is 2.41. The lowest BCUT2D eigenvalue weighted by Gasteiger charge is -2.31. The molecule has 0 amide bonds. The Balaban J connectivity index is 2.25. The molecule has 0 bridgehead atoms. The zero-order valence-corrected chi connectivity index (χ0v) is 11.3. The fourth-order valence-electron chi connectivity index (χ4n) is 2.56. The highest BCUT2D eigenvalue weighted by Crippen LogP contribution is 2.34. The van der Waals surface area contributed by atoms with Gasteiger partial charge in [-0.05, 0) is 36.9 Å². The van der Waals surface area contributed by atoms with Crippen LogP contribution in [0.3, 0.4) is 0 Å². The summed E-state index contributed by atoms with van der Waals surface area (Å²) in [6, 6.07) is 5.15. The molecule has 1 atom stereocenters. The molecule has 1 saturated heterocycles. The third kappa shape index (κ3) is 3.02. The first-order valence-electron chi connectivity index (χ1n) is 6.49. The van der Waals surface area contributed by atoms with Crippen LogP contribution in [0.4, 0.5) is 4.39 Å². The summed E-state index contributed by atoms with van der Waals surface area (Å²) < 4.78 is 18.9. The summed E-state index contributed by atoms with van der Waals surface area (Å²) >= 11 is 6.10. The quantitative estimate of drug-likeness (QED) is 0.904. The number of nitrogens with one attached hydrogen (secondary N) is 1. The third-order valence-electron chi connectivity index (χ3n) is 3.48. The van der Waals surface area contributed by atoms with Crippen molar-refractivity contribution in [3.63, 3.8) is 0 Å². The number of ether oxygens (including phenoxy) is 1. The first-order valence-corrected chi connectivity index (χ1v) is 6.87. The van der Waals surface area contributed by atoms with Crippen LogP contribution < -0.4 is 5.32 Å². The molecule has 1 aliphatic heterocycles. The number of rotatable bonds is 4. The molecular weight excluding hydrogens is 253 g/mol. The molecule has 2 nitrogen and oxygen atoms in total. The molecule has 0 radical (unpaired) electrons. The van der Waals surface area contributed by atoms with E-state index in [1.165, 1.54) is 6.07 Å². The summed E-state index contributed by atoms with van der Waals surface area (Å²) in [6.07, 6.45) is 1.98. The lowest BCUT2D eigenvalue weighted by molar-refractivity contribution is 0.0538. The van der Waals surface area contributed by atoms with E-state index < -0.39 is 0 Å². The Hall–Kier alpha value is -0.640. The highest BCUT2D eigenvalue weighted by atomic mass is 35.5. The van der Waals surface area contributed by atoms with Crippen molar-refractivity contribution in [2.24, 2.45) is 5.92 Å². The maximum Gasteiger partial charge on any atom is 0.142 e. The fourth-order valence-corrected chi connectivity index (χ4v) is 2.80. The summed E-state index contributed by atoms with van der Waals surface area (Å²) in [4.78, 5) is 0. The summed E-state index contributed by atoms with van der Waals surface area (Å²) in [5, 5.41) is 3.68. The first-order chi connectivity index (χ1) is 8.74. The Bertz CT molecular complexity index is 393. The molecule has 1 fully saturated rings. The van der Waals surface area contributed by atoms with Crippen LogP contribution in [0.1, 0.15) is 31.4 Å². The Morgan fingerprint density at radius 3 is 2.83 bits per heavy atom. The van der Waals surface area contributed by atoms with Crippen LogP contribution in [0.25, 0.3) is 0 Å². The molecule has 1 aliphatic rings. The zero-order valence-electron chi connectivity index (χ0n) is 10.6. The van der Waals surface area contributed by atoms with E-state index in [0.717, 1.165) is 38.2 Å². The van der Waals surface area contributed by atoms with Gasteiger partial charge in [0, 0.05) is 19.3 Å². The summed E-state index contributed by atoms with van der Waals surface area (Å²) in [5.74, 6) is 0.113. The normalized spacial score (nSPS) is 18.8. The van der Waals surface area contributed by atoms with E-state index in [1.807, 2.05) is 6.07 Å². The maximum absolute atomic E-state index is 13.6. The SMILES string of the molecule is CCNC(c1cccc(F)c1Cl)C1CCOCC1. The Labute approximate surface area is 112 Å². The van der Waals surface area contributed by atoms with E-state index in [2.05, 4.69) is 12.2 Å². The van der Waals surface area contributed by atoms with Gasteiger partial charge in [-0.25, -0.2) is 4.39 Å². The van der Waals surface area contributed by atoms with Crippen LogP contribution in [0.2, 0.25) is 5.02 Å². The highest BCUT2D eigenvalue weighted by Gasteiger charge is 2.26. The van der Waals surface area contributed by atoms with E-state index in [4.69, 9.17) is 16.3 Å². The van der Waals surface area contributed by atoms with Crippen LogP contribution >= 0.6 is 11.6 Å². The van der Waals surface area contributed by atoms with Crippen molar-refractivity contribution in [2.75, 3.05) is 19.8 Å². The molecule has 1 unspecified atom stereocenters. The summed E-state index contributed by atoms with van der Waals surface area (Å²) in [5.41, 5.74) is 0.866. The summed E-state index contributed by atoms with van der Waals surface area (Å²) in [7, 11) is 0.